The first-order valence-corrected chi connectivity index (χ1v) is 10.8. The van der Waals surface area contributed by atoms with E-state index in [-0.39, 0.29) is 23.7 Å². The number of ether oxygens (including phenoxy) is 4. The number of carbonyl (C=O) groups is 2. The van der Waals surface area contributed by atoms with Gasteiger partial charge in [0.05, 0.1) is 19.3 Å². The highest BCUT2D eigenvalue weighted by molar-refractivity contribution is 5.91. The number of rotatable bonds is 9. The van der Waals surface area contributed by atoms with Crippen molar-refractivity contribution in [2.24, 2.45) is 0 Å². The normalized spacial score (nSPS) is 11.2. The molecule has 194 valence electrons. The topological polar surface area (TPSA) is 123 Å². The van der Waals surface area contributed by atoms with Crippen LogP contribution in [0.2, 0.25) is 0 Å². The minimum absolute atomic E-state index is 0.00386. The van der Waals surface area contributed by atoms with Gasteiger partial charge >= 0.3 is 18.3 Å². The minimum Gasteiger partial charge on any atom is -0.493 e. The third-order valence-corrected chi connectivity index (χ3v) is 4.80. The van der Waals surface area contributed by atoms with Crippen LogP contribution in [0.4, 0.5) is 24.5 Å². The fraction of sp³-hybridized carbons (Fsp3) is 0.154. The molecule has 0 bridgehead atoms. The minimum atomic E-state index is -4.84. The number of anilines is 2. The summed E-state index contributed by atoms with van der Waals surface area (Å²) in [7, 11) is 1.36. The second-order valence-electron chi connectivity index (χ2n) is 7.63. The molecule has 0 saturated heterocycles. The molecule has 0 fully saturated rings. The van der Waals surface area contributed by atoms with Crippen molar-refractivity contribution in [3.05, 3.63) is 83.4 Å². The van der Waals surface area contributed by atoms with Crippen LogP contribution in [-0.4, -0.2) is 32.0 Å². The quantitative estimate of drug-likeness (QED) is 0.180. The summed E-state index contributed by atoms with van der Waals surface area (Å²) >= 11 is 0. The second-order valence-corrected chi connectivity index (χ2v) is 7.63. The Kier molecular flexibility index (Phi) is 8.62. The van der Waals surface area contributed by atoms with E-state index in [1.54, 1.807) is 24.3 Å². The van der Waals surface area contributed by atoms with Gasteiger partial charge in [-0.05, 0) is 71.8 Å². The van der Waals surface area contributed by atoms with Gasteiger partial charge in [-0.3, -0.25) is 0 Å². The Bertz CT molecular complexity index is 1270. The summed E-state index contributed by atoms with van der Waals surface area (Å²) in [6, 6.07) is 14.0. The zero-order chi connectivity index (χ0) is 27.0. The third kappa shape index (κ3) is 8.49. The fourth-order valence-corrected chi connectivity index (χ4v) is 3.20. The van der Waals surface area contributed by atoms with E-state index in [0.717, 1.165) is 29.8 Å². The molecular weight excluding hydrogens is 493 g/mol. The van der Waals surface area contributed by atoms with Crippen LogP contribution in [0.3, 0.4) is 0 Å². The van der Waals surface area contributed by atoms with Crippen LogP contribution in [0.5, 0.6) is 17.2 Å². The number of nitrogen functional groups attached to an aromatic ring is 2. The molecule has 37 heavy (non-hydrogen) atoms. The van der Waals surface area contributed by atoms with Crippen molar-refractivity contribution in [1.82, 2.24) is 0 Å². The zero-order valence-corrected chi connectivity index (χ0v) is 19.6. The Morgan fingerprint density at radius 1 is 0.919 bits per heavy atom. The maximum absolute atomic E-state index is 12.4. The number of nitrogens with two attached hydrogens (primary N) is 2. The number of esters is 2. The van der Waals surface area contributed by atoms with E-state index in [1.165, 1.54) is 31.4 Å². The Morgan fingerprint density at radius 3 is 2.22 bits per heavy atom. The lowest BCUT2D eigenvalue weighted by Crippen LogP contribution is -2.17. The van der Waals surface area contributed by atoms with E-state index in [2.05, 4.69) is 4.74 Å². The lowest BCUT2D eigenvalue weighted by atomic mass is 10.1. The van der Waals surface area contributed by atoms with Crippen LogP contribution in [0, 0.1) is 0 Å². The first-order chi connectivity index (χ1) is 17.5. The van der Waals surface area contributed by atoms with Gasteiger partial charge < -0.3 is 30.4 Å². The Morgan fingerprint density at radius 2 is 1.59 bits per heavy atom. The predicted molar refractivity (Wildman–Crippen MR) is 130 cm³/mol. The molecule has 0 atom stereocenters. The van der Waals surface area contributed by atoms with Crippen molar-refractivity contribution in [3.63, 3.8) is 0 Å². The number of alkyl halides is 3. The molecule has 0 aliphatic carbocycles. The van der Waals surface area contributed by atoms with Gasteiger partial charge in [0.2, 0.25) is 0 Å². The van der Waals surface area contributed by atoms with Crippen LogP contribution in [-0.2, 0) is 16.0 Å². The molecule has 0 unspecified atom stereocenters. The summed E-state index contributed by atoms with van der Waals surface area (Å²) in [6.07, 6.45) is -1.66. The molecule has 11 heteroatoms. The SMILES string of the molecule is COc1cc(C=CC(=O)OCCc2cc(N)cc(N)c2)ccc1OC(=O)c1ccc(OC(F)(F)F)cc1. The molecule has 4 N–H and O–H groups in total. The number of hydrogen-bond acceptors (Lipinski definition) is 8. The smallest absolute Gasteiger partial charge is 0.493 e. The van der Waals surface area contributed by atoms with Gasteiger partial charge in [0.1, 0.15) is 5.75 Å². The van der Waals surface area contributed by atoms with Gasteiger partial charge in [0.15, 0.2) is 11.5 Å². The number of halogens is 3. The molecule has 0 amide bonds. The highest BCUT2D eigenvalue weighted by atomic mass is 19.4. The number of carbonyl (C=O) groups excluding carboxylic acids is 2. The number of hydrogen-bond donors (Lipinski definition) is 2. The molecule has 3 aromatic rings. The first kappa shape index (κ1) is 26.9. The summed E-state index contributed by atoms with van der Waals surface area (Å²) in [5.41, 5.74) is 13.9. The molecule has 0 aliphatic heterocycles. The third-order valence-electron chi connectivity index (χ3n) is 4.80. The zero-order valence-electron chi connectivity index (χ0n) is 19.6. The largest absolute Gasteiger partial charge is 0.573 e. The van der Waals surface area contributed by atoms with Gasteiger partial charge in [-0.25, -0.2) is 9.59 Å². The summed E-state index contributed by atoms with van der Waals surface area (Å²) < 4.78 is 56.3. The Balaban J connectivity index is 1.57. The second kappa shape index (κ2) is 11.8. The van der Waals surface area contributed by atoms with Crippen LogP contribution < -0.4 is 25.7 Å². The summed E-state index contributed by atoms with van der Waals surface area (Å²) in [5, 5.41) is 0. The highest BCUT2D eigenvalue weighted by Crippen LogP contribution is 2.30. The van der Waals surface area contributed by atoms with Crippen molar-refractivity contribution in [1.29, 1.82) is 0 Å². The van der Waals surface area contributed by atoms with Crippen molar-refractivity contribution in [3.8, 4) is 17.2 Å². The van der Waals surface area contributed by atoms with E-state index in [1.807, 2.05) is 0 Å². The standard InChI is InChI=1S/C26H23F3N2O6/c1-34-23-14-16(3-9-24(32)35-11-10-17-12-19(30)15-20(31)13-17)2-8-22(23)36-25(33)18-4-6-21(7-5-18)37-26(27,28)29/h2-9,12-15H,10-11,30-31H2,1H3. The number of methoxy groups -OCH3 is 1. The Labute approximate surface area is 210 Å². The molecular formula is C26H23F3N2O6. The monoisotopic (exact) mass is 516 g/mol. The van der Waals surface area contributed by atoms with Crippen LogP contribution in [0.1, 0.15) is 21.5 Å². The lowest BCUT2D eigenvalue weighted by molar-refractivity contribution is -0.274. The van der Waals surface area contributed by atoms with Gasteiger partial charge in [-0.15, -0.1) is 13.2 Å². The van der Waals surface area contributed by atoms with E-state index in [0.29, 0.717) is 23.4 Å². The summed E-state index contributed by atoms with van der Waals surface area (Å²) in [4.78, 5) is 24.4. The molecule has 0 radical (unpaired) electrons. The maximum atomic E-state index is 12.4. The van der Waals surface area contributed by atoms with Crippen molar-refractivity contribution >= 4 is 29.4 Å². The molecule has 0 spiro atoms. The van der Waals surface area contributed by atoms with Gasteiger partial charge in [-0.1, -0.05) is 6.07 Å². The average molecular weight is 516 g/mol. The molecule has 3 rings (SSSR count). The van der Waals surface area contributed by atoms with Crippen molar-refractivity contribution < 1.29 is 41.7 Å². The molecule has 0 heterocycles. The molecule has 8 nitrogen and oxygen atoms in total. The van der Waals surface area contributed by atoms with E-state index in [9.17, 15) is 22.8 Å². The van der Waals surface area contributed by atoms with Crippen LogP contribution in [0.15, 0.2) is 66.7 Å². The van der Waals surface area contributed by atoms with Crippen LogP contribution in [0.25, 0.3) is 6.08 Å². The highest BCUT2D eigenvalue weighted by Gasteiger charge is 2.31. The van der Waals surface area contributed by atoms with Gasteiger partial charge in [-0.2, -0.15) is 0 Å². The van der Waals surface area contributed by atoms with E-state index < -0.39 is 24.1 Å². The van der Waals surface area contributed by atoms with Crippen molar-refractivity contribution in [2.45, 2.75) is 12.8 Å². The summed E-state index contributed by atoms with van der Waals surface area (Å²) in [5.74, 6) is -1.58. The molecule has 0 aromatic heterocycles. The lowest BCUT2D eigenvalue weighted by Gasteiger charge is -2.11. The molecule has 0 aliphatic rings. The van der Waals surface area contributed by atoms with Crippen molar-refractivity contribution in [2.75, 3.05) is 25.2 Å². The average Bonchev–Trinajstić information content (AvgIpc) is 2.82. The first-order valence-electron chi connectivity index (χ1n) is 10.8. The maximum Gasteiger partial charge on any atom is 0.573 e. The molecule has 3 aromatic carbocycles. The van der Waals surface area contributed by atoms with Crippen LogP contribution >= 0.6 is 0 Å². The molecule has 0 saturated carbocycles. The van der Waals surface area contributed by atoms with Gasteiger partial charge in [0, 0.05) is 23.9 Å². The fourth-order valence-electron chi connectivity index (χ4n) is 3.20. The van der Waals surface area contributed by atoms with E-state index in [4.69, 9.17) is 25.7 Å². The van der Waals surface area contributed by atoms with E-state index >= 15 is 0 Å². The summed E-state index contributed by atoms with van der Waals surface area (Å²) in [6.45, 7) is 0.133. The number of benzene rings is 3. The Hall–Kier alpha value is -4.67. The van der Waals surface area contributed by atoms with Gasteiger partial charge in [0.25, 0.3) is 0 Å². The predicted octanol–water partition coefficient (Wildman–Crippen LogP) is 4.78.